The molecule has 0 saturated heterocycles. The summed E-state index contributed by atoms with van der Waals surface area (Å²) in [5, 5.41) is -0.0609. The molecule has 2 aromatic carbocycles. The van der Waals surface area contributed by atoms with Crippen LogP contribution in [0, 0.1) is 0 Å². The molecule has 0 aromatic heterocycles. The predicted octanol–water partition coefficient (Wildman–Crippen LogP) is 4.41. The highest BCUT2D eigenvalue weighted by molar-refractivity contribution is 7.92. The first-order valence-electron chi connectivity index (χ1n) is 8.88. The first-order chi connectivity index (χ1) is 14.0. The molecule has 0 saturated carbocycles. The number of alkyl halides is 3. The number of benzene rings is 2. The van der Waals surface area contributed by atoms with Crippen molar-refractivity contribution in [1.29, 1.82) is 0 Å². The minimum Gasteiger partial charge on any atom is -0.482 e. The molecule has 164 valence electrons. The van der Waals surface area contributed by atoms with Gasteiger partial charge in [-0.15, -0.1) is 0 Å². The van der Waals surface area contributed by atoms with Gasteiger partial charge in [0.25, 0.3) is 15.9 Å². The SMILES string of the molecule is CCN(CC)C(=O)COc1ccc(S(=O)(=O)Nc2cccc(C(F)(F)F)c2)cc1Cl. The van der Waals surface area contributed by atoms with Crippen molar-refractivity contribution in [2.24, 2.45) is 0 Å². The Balaban J connectivity index is 2.16. The standard InChI is InChI=1S/C19H20ClF3N2O4S/c1-3-25(4-2)18(26)12-29-17-9-8-15(11-16(17)20)30(27,28)24-14-7-5-6-13(10-14)19(21,22)23/h5-11,24H,3-4,12H2,1-2H3. The van der Waals surface area contributed by atoms with Gasteiger partial charge in [-0.05, 0) is 50.2 Å². The zero-order chi connectivity index (χ0) is 22.5. The highest BCUT2D eigenvalue weighted by Crippen LogP contribution is 2.32. The summed E-state index contributed by atoms with van der Waals surface area (Å²) in [6, 6.07) is 7.37. The van der Waals surface area contributed by atoms with Gasteiger partial charge in [0.05, 0.1) is 15.5 Å². The molecule has 0 aliphatic carbocycles. The lowest BCUT2D eigenvalue weighted by Crippen LogP contribution is -2.34. The fraction of sp³-hybridized carbons (Fsp3) is 0.316. The van der Waals surface area contributed by atoms with Crippen LogP contribution in [-0.2, 0) is 21.0 Å². The number of anilines is 1. The molecule has 2 aromatic rings. The van der Waals surface area contributed by atoms with Gasteiger partial charge >= 0.3 is 6.18 Å². The molecule has 0 aliphatic heterocycles. The molecule has 0 fully saturated rings. The van der Waals surface area contributed by atoms with Crippen LogP contribution >= 0.6 is 11.6 Å². The number of hydrogen-bond acceptors (Lipinski definition) is 4. The van der Waals surface area contributed by atoms with E-state index < -0.39 is 21.8 Å². The van der Waals surface area contributed by atoms with Crippen molar-refractivity contribution >= 4 is 33.2 Å². The highest BCUT2D eigenvalue weighted by atomic mass is 35.5. The summed E-state index contributed by atoms with van der Waals surface area (Å²) in [7, 11) is -4.20. The first-order valence-corrected chi connectivity index (χ1v) is 10.7. The molecule has 0 atom stereocenters. The number of sulfonamides is 1. The lowest BCUT2D eigenvalue weighted by Gasteiger charge is -2.19. The third-order valence-corrected chi connectivity index (χ3v) is 5.80. The number of carbonyl (C=O) groups excluding carboxylic acids is 1. The fourth-order valence-electron chi connectivity index (χ4n) is 2.55. The van der Waals surface area contributed by atoms with Gasteiger partial charge in [0.2, 0.25) is 0 Å². The van der Waals surface area contributed by atoms with Crippen molar-refractivity contribution in [1.82, 2.24) is 4.90 Å². The predicted molar refractivity (Wildman–Crippen MR) is 107 cm³/mol. The Kier molecular flexibility index (Phi) is 7.59. The number of halogens is 4. The Labute approximate surface area is 177 Å². The summed E-state index contributed by atoms with van der Waals surface area (Å²) >= 11 is 6.06. The van der Waals surface area contributed by atoms with Gasteiger partial charge in [0.15, 0.2) is 6.61 Å². The Morgan fingerprint density at radius 3 is 2.37 bits per heavy atom. The maximum absolute atomic E-state index is 12.8. The van der Waals surface area contributed by atoms with Gasteiger partial charge in [0.1, 0.15) is 5.75 Å². The van der Waals surface area contributed by atoms with E-state index in [0.717, 1.165) is 18.2 Å². The Morgan fingerprint density at radius 1 is 1.13 bits per heavy atom. The highest BCUT2D eigenvalue weighted by Gasteiger charge is 2.30. The number of hydrogen-bond donors (Lipinski definition) is 1. The maximum atomic E-state index is 12.8. The van der Waals surface area contributed by atoms with Gasteiger partial charge in [-0.1, -0.05) is 17.7 Å². The van der Waals surface area contributed by atoms with Crippen LogP contribution < -0.4 is 9.46 Å². The van der Waals surface area contributed by atoms with E-state index in [1.807, 2.05) is 13.8 Å². The quantitative estimate of drug-likeness (QED) is 0.628. The average molecular weight is 465 g/mol. The van der Waals surface area contributed by atoms with Crippen LogP contribution in [0.5, 0.6) is 5.75 Å². The second-order valence-corrected chi connectivity index (χ2v) is 8.22. The van der Waals surface area contributed by atoms with E-state index in [1.54, 1.807) is 4.90 Å². The van der Waals surface area contributed by atoms with Crippen LogP contribution in [0.25, 0.3) is 0 Å². The summed E-state index contributed by atoms with van der Waals surface area (Å²) in [5.74, 6) is -0.144. The monoisotopic (exact) mass is 464 g/mol. The molecule has 6 nitrogen and oxygen atoms in total. The molecule has 30 heavy (non-hydrogen) atoms. The molecular formula is C19H20ClF3N2O4S. The van der Waals surface area contributed by atoms with Crippen molar-refractivity contribution in [3.8, 4) is 5.75 Å². The molecule has 0 heterocycles. The van der Waals surface area contributed by atoms with Crippen LogP contribution in [-0.4, -0.2) is 38.9 Å². The van der Waals surface area contributed by atoms with E-state index in [9.17, 15) is 26.4 Å². The summed E-state index contributed by atoms with van der Waals surface area (Å²) in [6.07, 6.45) is -4.60. The number of likely N-dealkylation sites (N-methyl/N-ethyl adjacent to an activating group) is 1. The number of amides is 1. The third kappa shape index (κ3) is 6.02. The normalized spacial score (nSPS) is 11.8. The van der Waals surface area contributed by atoms with Crippen LogP contribution in [0.2, 0.25) is 5.02 Å². The Hall–Kier alpha value is -2.46. The summed E-state index contributed by atoms with van der Waals surface area (Å²) in [5.41, 5.74) is -1.23. The molecule has 0 bridgehead atoms. The van der Waals surface area contributed by atoms with Gasteiger partial charge in [-0.2, -0.15) is 13.2 Å². The van der Waals surface area contributed by atoms with Crippen molar-refractivity contribution in [3.05, 3.63) is 53.1 Å². The van der Waals surface area contributed by atoms with E-state index in [4.69, 9.17) is 16.3 Å². The Morgan fingerprint density at radius 2 is 1.80 bits per heavy atom. The van der Waals surface area contributed by atoms with E-state index in [0.29, 0.717) is 19.2 Å². The topological polar surface area (TPSA) is 75.7 Å². The molecule has 0 unspecified atom stereocenters. The summed E-state index contributed by atoms with van der Waals surface area (Å²) < 4.78 is 70.9. The summed E-state index contributed by atoms with van der Waals surface area (Å²) in [4.78, 5) is 13.3. The third-order valence-electron chi connectivity index (χ3n) is 4.12. The lowest BCUT2D eigenvalue weighted by atomic mass is 10.2. The van der Waals surface area contributed by atoms with Crippen LogP contribution in [0.15, 0.2) is 47.4 Å². The van der Waals surface area contributed by atoms with E-state index in [-0.39, 0.29) is 33.9 Å². The van der Waals surface area contributed by atoms with Gasteiger partial charge in [-0.3, -0.25) is 9.52 Å². The zero-order valence-electron chi connectivity index (χ0n) is 16.2. The average Bonchev–Trinajstić information content (AvgIpc) is 2.67. The second-order valence-electron chi connectivity index (χ2n) is 6.13. The van der Waals surface area contributed by atoms with Crippen LogP contribution in [0.1, 0.15) is 19.4 Å². The minimum absolute atomic E-state index is 0.0609. The minimum atomic E-state index is -4.60. The lowest BCUT2D eigenvalue weighted by molar-refractivity contribution is -0.137. The Bertz CT molecular complexity index is 1010. The molecule has 1 amide bonds. The van der Waals surface area contributed by atoms with Crippen LogP contribution in [0.3, 0.4) is 0 Å². The fourth-order valence-corrected chi connectivity index (χ4v) is 3.92. The number of ether oxygens (including phenoxy) is 1. The molecule has 0 radical (unpaired) electrons. The number of nitrogens with zero attached hydrogens (tertiary/aromatic N) is 1. The largest absolute Gasteiger partial charge is 0.482 e. The number of carbonyl (C=O) groups is 1. The molecule has 1 N–H and O–H groups in total. The van der Waals surface area contributed by atoms with Gasteiger partial charge in [-0.25, -0.2) is 8.42 Å². The summed E-state index contributed by atoms with van der Waals surface area (Å²) in [6.45, 7) is 4.42. The van der Waals surface area contributed by atoms with Crippen molar-refractivity contribution in [2.45, 2.75) is 24.9 Å². The van der Waals surface area contributed by atoms with E-state index >= 15 is 0 Å². The van der Waals surface area contributed by atoms with Gasteiger partial charge < -0.3 is 9.64 Å². The molecule has 0 spiro atoms. The van der Waals surface area contributed by atoms with Gasteiger partial charge in [0, 0.05) is 18.8 Å². The molecule has 11 heteroatoms. The first kappa shape index (κ1) is 23.8. The van der Waals surface area contributed by atoms with E-state index in [2.05, 4.69) is 4.72 Å². The van der Waals surface area contributed by atoms with Crippen LogP contribution in [0.4, 0.5) is 18.9 Å². The van der Waals surface area contributed by atoms with E-state index in [1.165, 1.54) is 18.2 Å². The van der Waals surface area contributed by atoms with Crippen molar-refractivity contribution in [2.75, 3.05) is 24.4 Å². The smallest absolute Gasteiger partial charge is 0.416 e. The van der Waals surface area contributed by atoms with Crippen molar-refractivity contribution < 1.29 is 31.1 Å². The number of rotatable bonds is 8. The second kappa shape index (κ2) is 9.57. The molecular weight excluding hydrogens is 445 g/mol. The maximum Gasteiger partial charge on any atom is 0.416 e. The van der Waals surface area contributed by atoms with Crippen molar-refractivity contribution in [3.63, 3.8) is 0 Å². The molecule has 2 rings (SSSR count). The molecule has 0 aliphatic rings. The number of nitrogens with one attached hydrogen (secondary N) is 1. The zero-order valence-corrected chi connectivity index (χ0v) is 17.7.